The molecule has 0 aromatic rings. The third-order valence-corrected chi connectivity index (χ3v) is 25.0. The van der Waals surface area contributed by atoms with E-state index in [0.717, 1.165) is 32.1 Å². The lowest BCUT2D eigenvalue weighted by atomic mass is 9.58. The Labute approximate surface area is 628 Å². The van der Waals surface area contributed by atoms with Crippen LogP contribution in [0.15, 0.2) is 24.3 Å². The highest BCUT2D eigenvalue weighted by Gasteiger charge is 2.59. The highest BCUT2D eigenvalue weighted by Crippen LogP contribution is 2.50. The van der Waals surface area contributed by atoms with E-state index in [1.807, 2.05) is 53.7 Å². The van der Waals surface area contributed by atoms with Crippen LogP contribution in [-0.2, 0) is 62.3 Å². The van der Waals surface area contributed by atoms with Crippen molar-refractivity contribution >= 4 is 94.1 Å². The number of nitrogens with zero attached hydrogens (tertiary/aromatic N) is 9. The predicted octanol–water partition coefficient (Wildman–Crippen LogP) is 6.51. The first kappa shape index (κ1) is 84.9. The number of halogens is 2. The molecule has 3 saturated carbocycles. The van der Waals surface area contributed by atoms with Crippen molar-refractivity contribution in [3.8, 4) is 0 Å². The van der Waals surface area contributed by atoms with E-state index < -0.39 is 168 Å². The Balaban J connectivity index is 1.38. The van der Waals surface area contributed by atoms with E-state index in [4.69, 9.17) is 27.9 Å². The number of carbonyl (C=O) groups excluding carboxylic acids is 12. The van der Waals surface area contributed by atoms with E-state index in [0.29, 0.717) is 64.2 Å². The molecule has 3 unspecified atom stereocenters. The lowest BCUT2D eigenvalue weighted by molar-refractivity contribution is -0.161. The van der Waals surface area contributed by atoms with Crippen molar-refractivity contribution in [1.82, 2.24) is 60.0 Å². The van der Waals surface area contributed by atoms with Crippen LogP contribution in [0.4, 0.5) is 0 Å². The normalized spacial score (nSPS) is 32.4. The number of hydrogen-bond acceptors (Lipinski definition) is 13. The lowest BCUT2D eigenvalue weighted by Gasteiger charge is -2.54. The average molecular weight is 1500 g/mol. The van der Waals surface area contributed by atoms with Gasteiger partial charge in [-0.2, -0.15) is 0 Å². The molecular formula is C77H124Cl2N12O13. The van der Waals surface area contributed by atoms with Crippen molar-refractivity contribution in [3.63, 3.8) is 0 Å². The maximum atomic E-state index is 15.8. The van der Waals surface area contributed by atoms with Crippen LogP contribution in [0.1, 0.15) is 196 Å². The summed E-state index contributed by atoms with van der Waals surface area (Å²) < 4.78 is 6.18. The minimum atomic E-state index is -1.59. The van der Waals surface area contributed by atoms with Gasteiger partial charge in [0.15, 0.2) is 0 Å². The summed E-state index contributed by atoms with van der Waals surface area (Å²) in [5.41, 5.74) is -2.07. The number of amides is 12. The van der Waals surface area contributed by atoms with Gasteiger partial charge in [0, 0.05) is 87.9 Å². The zero-order valence-electron chi connectivity index (χ0n) is 64.9. The van der Waals surface area contributed by atoms with Gasteiger partial charge in [-0.3, -0.25) is 57.5 Å². The summed E-state index contributed by atoms with van der Waals surface area (Å²) in [7, 11) is 11.9. The van der Waals surface area contributed by atoms with Crippen molar-refractivity contribution in [2.24, 2.45) is 35.0 Å². The van der Waals surface area contributed by atoms with E-state index in [9.17, 15) is 19.2 Å². The summed E-state index contributed by atoms with van der Waals surface area (Å²) in [6.07, 6.45) is 16.7. The van der Waals surface area contributed by atoms with E-state index in [2.05, 4.69) is 28.1 Å². The summed E-state index contributed by atoms with van der Waals surface area (Å²) >= 11 is 13.4. The fraction of sp³-hybridized carbons (Fsp3) is 0.792. The molecule has 27 heteroatoms. The number of allylic oxidation sites excluding steroid dienone is 2. The summed E-state index contributed by atoms with van der Waals surface area (Å²) in [4.78, 5) is 195. The largest absolute Gasteiger partial charge is 0.377 e. The summed E-state index contributed by atoms with van der Waals surface area (Å²) in [6.45, 7) is 12.5. The average Bonchev–Trinajstić information content (AvgIpc) is 0.843. The Morgan fingerprint density at radius 2 is 1.29 bits per heavy atom. The number of hydrogen-bond donors (Lipinski definition) is 3. The summed E-state index contributed by atoms with van der Waals surface area (Å²) in [5.74, 6) is -7.88. The smallest absolute Gasteiger partial charge is 0.248 e. The zero-order chi connectivity index (χ0) is 76.8. The van der Waals surface area contributed by atoms with Gasteiger partial charge >= 0.3 is 0 Å². The molecule has 10 aliphatic rings. The van der Waals surface area contributed by atoms with Gasteiger partial charge in [-0.05, 0) is 151 Å². The van der Waals surface area contributed by atoms with E-state index >= 15 is 38.4 Å². The molecule has 7 heterocycles. The molecule has 0 radical (unpaired) electrons. The van der Waals surface area contributed by atoms with Gasteiger partial charge in [0.25, 0.3) is 0 Å². The number of likely N-dealkylation sites (N-methyl/N-ethyl adjacent to an activating group) is 7. The maximum Gasteiger partial charge on any atom is 0.248 e. The van der Waals surface area contributed by atoms with E-state index in [1.165, 1.54) is 95.6 Å². The van der Waals surface area contributed by atoms with Gasteiger partial charge in [-0.1, -0.05) is 91.5 Å². The molecule has 10 rings (SSSR count). The minimum absolute atomic E-state index is 0.0143. The second kappa shape index (κ2) is 38.0. The third kappa shape index (κ3) is 20.9. The molecule has 7 aliphatic heterocycles. The van der Waals surface area contributed by atoms with Crippen LogP contribution in [0, 0.1) is 35.0 Å². The van der Waals surface area contributed by atoms with Gasteiger partial charge in [0.2, 0.25) is 70.9 Å². The molecule has 3 N–H and O–H groups in total. The fourth-order valence-corrected chi connectivity index (χ4v) is 17.9. The molecule has 0 aromatic heterocycles. The van der Waals surface area contributed by atoms with Crippen molar-refractivity contribution in [2.75, 3.05) is 89.2 Å². The second-order valence-corrected chi connectivity index (χ2v) is 33.4. The number of carbonyl (C=O) groups is 12. The van der Waals surface area contributed by atoms with E-state index in [1.54, 1.807) is 11.8 Å². The Bertz CT molecular complexity index is 3110. The lowest BCUT2D eigenvalue weighted by Crippen LogP contribution is -2.71. The monoisotopic (exact) mass is 1490 g/mol. The van der Waals surface area contributed by atoms with E-state index in [-0.39, 0.29) is 93.2 Å². The highest BCUT2D eigenvalue weighted by atomic mass is 35.5. The molecule has 25 nitrogen and oxygen atoms in total. The first-order valence-electron chi connectivity index (χ1n) is 38.6. The second-order valence-electron chi connectivity index (χ2n) is 32.2. The first-order chi connectivity index (χ1) is 49.1. The predicted molar refractivity (Wildman–Crippen MR) is 399 cm³/mol. The molecule has 584 valence electrons. The summed E-state index contributed by atoms with van der Waals surface area (Å²) in [5, 5.41) is 8.58. The van der Waals surface area contributed by atoms with Crippen LogP contribution in [-0.4, -0.2) is 275 Å². The molecule has 13 atom stereocenters. The van der Waals surface area contributed by atoms with Gasteiger partial charge in [-0.25, -0.2) is 0 Å². The summed E-state index contributed by atoms with van der Waals surface area (Å²) in [6, 6.07) is -9.66. The molecule has 12 amide bonds. The van der Waals surface area contributed by atoms with Crippen LogP contribution >= 0.6 is 23.2 Å². The SMILES string of the molecule is CCO[C@@H]1C[C@H]2C(=O)NC3(CC(C)(C)C3)C(=O)N(C)[C@@H](C(CC)CC)C(=O)N(C)[C@H](C(=O)N(C)C)CC(=O)N(C)[C@H]3CCCC/C=C/C4CCC(CC4)C[C@@H](C(=O)N(C)CC(=O)N[C@@H](CCC4CCC(Cl)C(Cl)C4)C(=O)N2C1)N1CC/C=C\C[C@@H](C1=O)N(C)C(=O)CN(C)C(=O)[C@H]([C@@H](C)CC)NC3=O. The van der Waals surface area contributed by atoms with Gasteiger partial charge in [0.1, 0.15) is 53.9 Å². The quantitative estimate of drug-likeness (QED) is 0.147. The Kier molecular flexibility index (Phi) is 31.0. The minimum Gasteiger partial charge on any atom is -0.377 e. The van der Waals surface area contributed by atoms with Crippen molar-refractivity contribution in [3.05, 3.63) is 24.3 Å². The highest BCUT2D eigenvalue weighted by molar-refractivity contribution is 6.30. The van der Waals surface area contributed by atoms with Crippen LogP contribution in [0.25, 0.3) is 0 Å². The molecule has 2 saturated heterocycles. The topological polar surface area (TPSA) is 279 Å². The van der Waals surface area contributed by atoms with Crippen LogP contribution in [0.3, 0.4) is 0 Å². The molecule has 6 bridgehead atoms. The Morgan fingerprint density at radius 3 is 1.91 bits per heavy atom. The molecular weight excluding hydrogens is 1370 g/mol. The van der Waals surface area contributed by atoms with Crippen LogP contribution in [0.2, 0.25) is 0 Å². The van der Waals surface area contributed by atoms with Gasteiger partial charge in [-0.15, -0.1) is 23.2 Å². The van der Waals surface area contributed by atoms with Crippen LogP contribution < -0.4 is 16.0 Å². The molecule has 3 aliphatic carbocycles. The standard InChI is InChI=1S/C77H124Cl2N12O13/c1-16-48(5)65-73(101)85(11)45-64(94)87(13)58-29-25-22-26-38-90(72(58)100)61-40-51-32-30-49(31-33-51)27-23-20-21-24-28-57(67(95)81-65)86(12)63(93)42-60(70(98)83(8)9)88(14)74(102)66(52(17-2)18-3)89(15)75(103)77(46-76(6,7)47-77)82-68(96)59-41-53(104-19-4)43-91(59)69(97)56(80-62(92)44-84(10)71(61)99)37-35-50-34-36-54(78)55(79)39-50/h22-23,25,27,48-61,65-66H,16-21,24,26,28-47H2,1-15H3,(H,80,92)(H,81,95)(H,82,96)/b25-22-,27-23+/t48-,49?,50?,51?,53+,54?,55?,56-,57-,58-,59-,60-,61-,65-,66-/m0/s1. The fourth-order valence-electron chi connectivity index (χ4n) is 17.3. The Morgan fingerprint density at radius 1 is 0.625 bits per heavy atom. The van der Waals surface area contributed by atoms with Gasteiger partial charge < -0.3 is 64.8 Å². The number of rotatable bonds is 11. The third-order valence-electron chi connectivity index (χ3n) is 23.8. The molecule has 104 heavy (non-hydrogen) atoms. The van der Waals surface area contributed by atoms with Crippen molar-refractivity contribution < 1.29 is 62.3 Å². The maximum absolute atomic E-state index is 15.8. The Hall–Kier alpha value is -6.34. The molecule has 0 aromatic carbocycles. The van der Waals surface area contributed by atoms with Gasteiger partial charge in [0.05, 0.1) is 31.0 Å². The zero-order valence-corrected chi connectivity index (χ0v) is 66.4. The van der Waals surface area contributed by atoms with Crippen molar-refractivity contribution in [2.45, 2.75) is 267 Å². The van der Waals surface area contributed by atoms with Crippen molar-refractivity contribution in [1.29, 1.82) is 0 Å². The first-order valence-corrected chi connectivity index (χ1v) is 39.5. The van der Waals surface area contributed by atoms with Crippen LogP contribution in [0.5, 0.6) is 0 Å². The number of alkyl halides is 2. The molecule has 5 fully saturated rings. The number of ether oxygens (including phenoxy) is 1. The molecule has 1 spiro atoms. The number of nitrogens with one attached hydrogen (secondary N) is 3.